The van der Waals surface area contributed by atoms with Gasteiger partial charge in [-0.15, -0.1) is 0 Å². The predicted molar refractivity (Wildman–Crippen MR) is 91.6 cm³/mol. The minimum absolute atomic E-state index is 0.497. The second-order valence-electron chi connectivity index (χ2n) is 6.03. The van der Waals surface area contributed by atoms with Gasteiger partial charge in [-0.1, -0.05) is 51.0 Å². The summed E-state index contributed by atoms with van der Waals surface area (Å²) in [6.45, 7) is 5.65. The smallest absolute Gasteiger partial charge is 0.0318 e. The van der Waals surface area contributed by atoms with Gasteiger partial charge in [0.15, 0.2) is 0 Å². The van der Waals surface area contributed by atoms with E-state index in [1.165, 1.54) is 36.8 Å². The molecule has 0 bridgehead atoms. The van der Waals surface area contributed by atoms with Gasteiger partial charge in [0.2, 0.25) is 0 Å². The fourth-order valence-corrected chi connectivity index (χ4v) is 4.19. The maximum atomic E-state index is 3.84. The van der Waals surface area contributed by atoms with E-state index in [1.54, 1.807) is 0 Å². The van der Waals surface area contributed by atoms with Crippen molar-refractivity contribution in [3.8, 4) is 0 Å². The van der Waals surface area contributed by atoms with E-state index in [1.807, 2.05) is 0 Å². The molecule has 1 unspecified atom stereocenters. The largest absolute Gasteiger partial charge is 0.309 e. The molecule has 0 radical (unpaired) electrons. The van der Waals surface area contributed by atoms with E-state index in [-0.39, 0.29) is 0 Å². The molecule has 2 rings (SSSR count). The van der Waals surface area contributed by atoms with Gasteiger partial charge in [-0.2, -0.15) is 11.8 Å². The minimum atomic E-state index is 0.497. The van der Waals surface area contributed by atoms with Crippen LogP contribution in [0.25, 0.3) is 0 Å². The Hall–Kier alpha value is -0.470. The monoisotopic (exact) mass is 291 g/mol. The molecule has 0 saturated heterocycles. The minimum Gasteiger partial charge on any atom is -0.309 e. The van der Waals surface area contributed by atoms with Crippen LogP contribution in [0.5, 0.6) is 0 Å². The Morgan fingerprint density at radius 2 is 1.80 bits per heavy atom. The average Bonchev–Trinajstić information content (AvgIpc) is 2.98. The Kier molecular flexibility index (Phi) is 5.98. The molecule has 1 aliphatic rings. The molecule has 0 heterocycles. The second kappa shape index (κ2) is 7.51. The molecule has 1 fully saturated rings. The molecule has 112 valence electrons. The Bertz CT molecular complexity index is 392. The fourth-order valence-electron chi connectivity index (χ4n) is 3.27. The van der Waals surface area contributed by atoms with Crippen LogP contribution in [0.1, 0.15) is 63.1 Å². The predicted octanol–water partition coefficient (Wildman–Crippen LogP) is 4.97. The third-order valence-electron chi connectivity index (χ3n) is 4.82. The summed E-state index contributed by atoms with van der Waals surface area (Å²) in [5, 5.41) is 3.84. The van der Waals surface area contributed by atoms with Gasteiger partial charge < -0.3 is 5.32 Å². The molecule has 0 amide bonds. The van der Waals surface area contributed by atoms with Crippen molar-refractivity contribution in [1.82, 2.24) is 5.32 Å². The highest BCUT2D eigenvalue weighted by atomic mass is 32.2. The lowest BCUT2D eigenvalue weighted by atomic mass is 10.0. The van der Waals surface area contributed by atoms with Crippen molar-refractivity contribution >= 4 is 11.8 Å². The van der Waals surface area contributed by atoms with Gasteiger partial charge in [-0.3, -0.25) is 0 Å². The van der Waals surface area contributed by atoms with E-state index < -0.39 is 0 Å². The van der Waals surface area contributed by atoms with E-state index >= 15 is 0 Å². The molecular weight excluding hydrogens is 262 g/mol. The highest BCUT2D eigenvalue weighted by Gasteiger charge is 2.33. The van der Waals surface area contributed by atoms with Crippen molar-refractivity contribution in [3.05, 3.63) is 35.4 Å². The molecule has 0 spiro atoms. The second-order valence-corrected chi connectivity index (χ2v) is 7.31. The molecule has 20 heavy (non-hydrogen) atoms. The van der Waals surface area contributed by atoms with Crippen molar-refractivity contribution in [1.29, 1.82) is 0 Å². The first kappa shape index (κ1) is 15.9. The van der Waals surface area contributed by atoms with Crippen LogP contribution in [0.15, 0.2) is 24.3 Å². The zero-order chi connectivity index (χ0) is 14.4. The summed E-state index contributed by atoms with van der Waals surface area (Å²) in [6, 6.07) is 9.67. The zero-order valence-corrected chi connectivity index (χ0v) is 14.1. The summed E-state index contributed by atoms with van der Waals surface area (Å²) in [5.41, 5.74) is 2.87. The summed E-state index contributed by atoms with van der Waals surface area (Å²) < 4.78 is 0.497. The first-order valence-corrected chi connectivity index (χ1v) is 9.33. The van der Waals surface area contributed by atoms with E-state index in [0.29, 0.717) is 10.8 Å². The Balaban J connectivity index is 1.97. The quantitative estimate of drug-likeness (QED) is 0.761. The van der Waals surface area contributed by atoms with E-state index in [9.17, 15) is 0 Å². The molecule has 1 atom stereocenters. The molecule has 1 saturated carbocycles. The Morgan fingerprint density at radius 3 is 2.30 bits per heavy atom. The number of rotatable bonds is 7. The molecule has 1 aliphatic carbocycles. The van der Waals surface area contributed by atoms with Crippen LogP contribution in [-0.2, 0) is 6.42 Å². The van der Waals surface area contributed by atoms with E-state index in [4.69, 9.17) is 0 Å². The summed E-state index contributed by atoms with van der Waals surface area (Å²) in [4.78, 5) is 0. The van der Waals surface area contributed by atoms with Crippen LogP contribution < -0.4 is 5.32 Å². The van der Waals surface area contributed by atoms with E-state index in [0.717, 1.165) is 19.4 Å². The van der Waals surface area contributed by atoms with Gasteiger partial charge in [0.1, 0.15) is 0 Å². The first-order chi connectivity index (χ1) is 9.73. The zero-order valence-electron chi connectivity index (χ0n) is 13.2. The molecule has 1 aromatic carbocycles. The first-order valence-electron chi connectivity index (χ1n) is 8.10. The topological polar surface area (TPSA) is 12.0 Å². The van der Waals surface area contributed by atoms with E-state index in [2.05, 4.69) is 61.4 Å². The maximum Gasteiger partial charge on any atom is 0.0318 e. The van der Waals surface area contributed by atoms with Crippen LogP contribution in [0.4, 0.5) is 0 Å². The van der Waals surface area contributed by atoms with Gasteiger partial charge >= 0.3 is 0 Å². The van der Waals surface area contributed by atoms with Crippen molar-refractivity contribution in [2.75, 3.05) is 12.8 Å². The fraction of sp³-hybridized carbons (Fsp3) is 0.667. The van der Waals surface area contributed by atoms with Gasteiger partial charge in [0.05, 0.1) is 0 Å². The highest BCUT2D eigenvalue weighted by molar-refractivity contribution is 8.00. The number of aryl methyl sites for hydroxylation is 1. The number of hydrogen-bond acceptors (Lipinski definition) is 2. The normalized spacial score (nSPS) is 19.1. The van der Waals surface area contributed by atoms with Crippen molar-refractivity contribution < 1.29 is 0 Å². The lowest BCUT2D eigenvalue weighted by Crippen LogP contribution is -2.37. The Morgan fingerprint density at radius 1 is 1.15 bits per heavy atom. The van der Waals surface area contributed by atoms with Gasteiger partial charge in [-0.25, -0.2) is 0 Å². The molecule has 2 heteroatoms. The molecule has 0 aliphatic heterocycles. The van der Waals surface area contributed by atoms with Crippen LogP contribution in [0, 0.1) is 0 Å². The van der Waals surface area contributed by atoms with Crippen LogP contribution in [-0.4, -0.2) is 17.5 Å². The summed E-state index contributed by atoms with van der Waals surface area (Å²) >= 11 is 2.07. The SMILES string of the molecule is CCc1ccc(C(CC)NCC2(SC)CCCC2)cc1. The highest BCUT2D eigenvalue weighted by Crippen LogP contribution is 2.40. The number of hydrogen-bond donors (Lipinski definition) is 1. The summed E-state index contributed by atoms with van der Waals surface area (Å²) in [7, 11) is 0. The Labute approximate surface area is 128 Å². The number of benzene rings is 1. The molecule has 1 aromatic rings. The van der Waals surface area contributed by atoms with Crippen LogP contribution >= 0.6 is 11.8 Å². The van der Waals surface area contributed by atoms with Gasteiger partial charge in [0, 0.05) is 17.3 Å². The standard InChI is InChI=1S/C18H29NS/c1-4-15-8-10-16(11-9-15)17(5-2)19-14-18(20-3)12-6-7-13-18/h8-11,17,19H,4-7,12-14H2,1-3H3. The van der Waals surface area contributed by atoms with Gasteiger partial charge in [0.25, 0.3) is 0 Å². The van der Waals surface area contributed by atoms with Gasteiger partial charge in [-0.05, 0) is 43.1 Å². The third kappa shape index (κ3) is 3.79. The van der Waals surface area contributed by atoms with Crippen molar-refractivity contribution in [2.24, 2.45) is 0 Å². The number of thioether (sulfide) groups is 1. The third-order valence-corrected chi connectivity index (χ3v) is 6.24. The number of nitrogens with one attached hydrogen (secondary N) is 1. The molecular formula is C18H29NS. The van der Waals surface area contributed by atoms with Crippen LogP contribution in [0.3, 0.4) is 0 Å². The van der Waals surface area contributed by atoms with Crippen LogP contribution in [0.2, 0.25) is 0 Å². The van der Waals surface area contributed by atoms with Crippen molar-refractivity contribution in [2.45, 2.75) is 63.2 Å². The summed E-state index contributed by atoms with van der Waals surface area (Å²) in [6.07, 6.45) is 10.1. The molecule has 1 N–H and O–H groups in total. The molecule has 1 nitrogen and oxygen atoms in total. The lowest BCUT2D eigenvalue weighted by molar-refractivity contribution is 0.458. The molecule has 0 aromatic heterocycles. The average molecular weight is 292 g/mol. The van der Waals surface area contributed by atoms with Crippen molar-refractivity contribution in [3.63, 3.8) is 0 Å². The maximum absolute atomic E-state index is 3.84. The summed E-state index contributed by atoms with van der Waals surface area (Å²) in [5.74, 6) is 0. The lowest BCUT2D eigenvalue weighted by Gasteiger charge is -2.30.